The average molecular weight is 314 g/mol. The van der Waals surface area contributed by atoms with E-state index in [1.807, 2.05) is 0 Å². The van der Waals surface area contributed by atoms with Gasteiger partial charge in [-0.3, -0.25) is 4.79 Å². The van der Waals surface area contributed by atoms with Crippen LogP contribution in [0.2, 0.25) is 0 Å². The van der Waals surface area contributed by atoms with Crippen LogP contribution in [-0.4, -0.2) is 68.8 Å². The zero-order valence-corrected chi connectivity index (χ0v) is 11.6. The Balaban J connectivity index is 2.04. The number of aliphatic hydroxyl groups excluding tert-OH is 4. The van der Waals surface area contributed by atoms with Crippen LogP contribution >= 0.6 is 0 Å². The number of carboxylic acids is 1. The number of benzene rings is 1. The molecule has 0 radical (unpaired) electrons. The quantitative estimate of drug-likeness (QED) is 0.442. The fourth-order valence-corrected chi connectivity index (χ4v) is 2.16. The molecule has 8 nitrogen and oxygen atoms in total. The predicted molar refractivity (Wildman–Crippen MR) is 72.2 cm³/mol. The summed E-state index contributed by atoms with van der Waals surface area (Å²) < 4.78 is 10.6. The molecule has 0 unspecified atom stereocenters. The summed E-state index contributed by atoms with van der Waals surface area (Å²) in [5.74, 6) is -0.666. The summed E-state index contributed by atoms with van der Waals surface area (Å²) in [7, 11) is 0. The van der Waals surface area contributed by atoms with Crippen molar-refractivity contribution in [3.63, 3.8) is 0 Å². The minimum atomic E-state index is -1.51. The summed E-state index contributed by atoms with van der Waals surface area (Å²) in [6.45, 7) is -0.539. The van der Waals surface area contributed by atoms with E-state index in [0.29, 0.717) is 11.3 Å². The highest BCUT2D eigenvalue weighted by molar-refractivity contribution is 5.70. The Bertz CT molecular complexity index is 500. The first-order valence-corrected chi connectivity index (χ1v) is 6.70. The molecular weight excluding hydrogens is 296 g/mol. The zero-order chi connectivity index (χ0) is 16.3. The highest BCUT2D eigenvalue weighted by Crippen LogP contribution is 2.24. The highest BCUT2D eigenvalue weighted by atomic mass is 16.7. The Morgan fingerprint density at radius 3 is 2.27 bits per heavy atom. The number of carboxylic acid groups (broad SMARTS) is 1. The molecule has 5 atom stereocenters. The molecule has 5 N–H and O–H groups in total. The van der Waals surface area contributed by atoms with Gasteiger partial charge in [0.25, 0.3) is 0 Å². The molecule has 122 valence electrons. The highest BCUT2D eigenvalue weighted by Gasteiger charge is 2.44. The van der Waals surface area contributed by atoms with E-state index < -0.39 is 43.3 Å². The van der Waals surface area contributed by atoms with E-state index in [9.17, 15) is 20.1 Å². The van der Waals surface area contributed by atoms with E-state index in [-0.39, 0.29) is 6.42 Å². The van der Waals surface area contributed by atoms with Gasteiger partial charge in [-0.05, 0) is 17.7 Å². The standard InChI is InChI=1S/C14H18O8/c15-6-9-11(18)12(19)13(20)14(22-9)21-8-3-1-7(2-4-8)5-10(16)17/h1-4,9,11-15,18-20H,5-6H2,(H,16,17)/t9-,11-,12+,13+,14+/m1/s1. The van der Waals surface area contributed by atoms with E-state index in [2.05, 4.69) is 0 Å². The van der Waals surface area contributed by atoms with E-state index in [1.54, 1.807) is 12.1 Å². The third-order valence-electron chi connectivity index (χ3n) is 3.38. The van der Waals surface area contributed by atoms with Gasteiger partial charge in [-0.2, -0.15) is 0 Å². The molecule has 1 aliphatic rings. The lowest BCUT2D eigenvalue weighted by molar-refractivity contribution is -0.277. The minimum absolute atomic E-state index is 0.125. The Morgan fingerprint density at radius 1 is 1.09 bits per heavy atom. The van der Waals surface area contributed by atoms with Gasteiger partial charge in [0, 0.05) is 0 Å². The largest absolute Gasteiger partial charge is 0.481 e. The third kappa shape index (κ3) is 3.73. The Hall–Kier alpha value is -1.71. The molecule has 1 heterocycles. The topological polar surface area (TPSA) is 137 Å². The first kappa shape index (κ1) is 16.7. The summed E-state index contributed by atoms with van der Waals surface area (Å²) in [6.07, 6.45) is -6.88. The second-order valence-electron chi connectivity index (χ2n) is 5.03. The molecule has 1 aromatic carbocycles. The molecule has 0 saturated carbocycles. The first-order valence-electron chi connectivity index (χ1n) is 6.70. The molecule has 0 amide bonds. The van der Waals surface area contributed by atoms with Crippen LogP contribution in [0.15, 0.2) is 24.3 Å². The zero-order valence-electron chi connectivity index (χ0n) is 11.6. The number of hydrogen-bond acceptors (Lipinski definition) is 7. The smallest absolute Gasteiger partial charge is 0.307 e. The predicted octanol–water partition coefficient (Wildman–Crippen LogP) is -1.51. The molecule has 1 aromatic rings. The molecule has 1 saturated heterocycles. The number of ether oxygens (including phenoxy) is 2. The number of rotatable bonds is 5. The summed E-state index contributed by atoms with van der Waals surface area (Å²) in [6, 6.07) is 6.10. The Labute approximate surface area is 126 Å². The van der Waals surface area contributed by atoms with Crippen molar-refractivity contribution in [3.05, 3.63) is 29.8 Å². The minimum Gasteiger partial charge on any atom is -0.481 e. The van der Waals surface area contributed by atoms with Gasteiger partial charge >= 0.3 is 5.97 Å². The number of aliphatic carboxylic acids is 1. The van der Waals surface area contributed by atoms with E-state index >= 15 is 0 Å². The van der Waals surface area contributed by atoms with Gasteiger partial charge in [0.05, 0.1) is 13.0 Å². The Kier molecular flexibility index (Phi) is 5.33. The van der Waals surface area contributed by atoms with Crippen LogP contribution in [0.5, 0.6) is 5.75 Å². The van der Waals surface area contributed by atoms with Crippen LogP contribution in [0, 0.1) is 0 Å². The molecule has 22 heavy (non-hydrogen) atoms. The normalized spacial score (nSPS) is 31.7. The maximum atomic E-state index is 10.6. The molecule has 0 spiro atoms. The Morgan fingerprint density at radius 2 is 1.73 bits per heavy atom. The molecule has 1 fully saturated rings. The van der Waals surface area contributed by atoms with Gasteiger partial charge in [0.1, 0.15) is 30.2 Å². The van der Waals surface area contributed by atoms with Crippen molar-refractivity contribution in [2.24, 2.45) is 0 Å². The lowest BCUT2D eigenvalue weighted by Crippen LogP contribution is -2.60. The van der Waals surface area contributed by atoms with Crippen LogP contribution in [0.1, 0.15) is 5.56 Å². The second kappa shape index (κ2) is 7.03. The summed E-state index contributed by atoms with van der Waals surface area (Å²) in [4.78, 5) is 10.6. The van der Waals surface area contributed by atoms with Crippen LogP contribution in [0.3, 0.4) is 0 Å². The molecule has 0 bridgehead atoms. The van der Waals surface area contributed by atoms with Crippen molar-refractivity contribution in [2.75, 3.05) is 6.61 Å². The van der Waals surface area contributed by atoms with E-state index in [1.165, 1.54) is 12.1 Å². The van der Waals surface area contributed by atoms with Gasteiger partial charge in [-0.1, -0.05) is 12.1 Å². The molecule has 1 aliphatic heterocycles. The van der Waals surface area contributed by atoms with Gasteiger partial charge < -0.3 is 35.0 Å². The van der Waals surface area contributed by atoms with Crippen LogP contribution in [0.25, 0.3) is 0 Å². The second-order valence-corrected chi connectivity index (χ2v) is 5.03. The van der Waals surface area contributed by atoms with Crippen molar-refractivity contribution < 1.29 is 39.8 Å². The van der Waals surface area contributed by atoms with Gasteiger partial charge in [-0.15, -0.1) is 0 Å². The maximum Gasteiger partial charge on any atom is 0.307 e. The molecule has 0 aliphatic carbocycles. The third-order valence-corrected chi connectivity index (χ3v) is 3.38. The maximum absolute atomic E-state index is 10.6. The first-order chi connectivity index (χ1) is 10.4. The van der Waals surface area contributed by atoms with Crippen molar-refractivity contribution in [3.8, 4) is 5.75 Å². The monoisotopic (exact) mass is 314 g/mol. The van der Waals surface area contributed by atoms with Crippen molar-refractivity contribution in [1.29, 1.82) is 0 Å². The van der Waals surface area contributed by atoms with Crippen molar-refractivity contribution >= 4 is 5.97 Å². The van der Waals surface area contributed by atoms with Gasteiger partial charge in [0.2, 0.25) is 6.29 Å². The summed E-state index contributed by atoms with van der Waals surface area (Å²) in [5.41, 5.74) is 0.577. The lowest BCUT2D eigenvalue weighted by atomic mass is 9.99. The number of hydrogen-bond donors (Lipinski definition) is 5. The number of aliphatic hydroxyl groups is 4. The van der Waals surface area contributed by atoms with Crippen LogP contribution in [0.4, 0.5) is 0 Å². The number of carbonyl (C=O) groups is 1. The summed E-state index contributed by atoms with van der Waals surface area (Å²) >= 11 is 0. The fourth-order valence-electron chi connectivity index (χ4n) is 2.16. The van der Waals surface area contributed by atoms with Crippen molar-refractivity contribution in [2.45, 2.75) is 37.1 Å². The van der Waals surface area contributed by atoms with Crippen LogP contribution < -0.4 is 4.74 Å². The molecule has 0 aromatic heterocycles. The molecular formula is C14H18O8. The lowest BCUT2D eigenvalue weighted by Gasteiger charge is -2.39. The fraction of sp³-hybridized carbons (Fsp3) is 0.500. The molecule has 8 heteroatoms. The van der Waals surface area contributed by atoms with Gasteiger partial charge in [0.15, 0.2) is 0 Å². The van der Waals surface area contributed by atoms with Crippen LogP contribution in [-0.2, 0) is 16.0 Å². The summed E-state index contributed by atoms with van der Waals surface area (Å²) in [5, 5.41) is 46.9. The van der Waals surface area contributed by atoms with E-state index in [4.69, 9.17) is 19.7 Å². The molecule has 2 rings (SSSR count). The van der Waals surface area contributed by atoms with E-state index in [0.717, 1.165) is 0 Å². The van der Waals surface area contributed by atoms with Crippen molar-refractivity contribution in [1.82, 2.24) is 0 Å². The average Bonchev–Trinajstić information content (AvgIpc) is 2.49. The van der Waals surface area contributed by atoms with Gasteiger partial charge in [-0.25, -0.2) is 0 Å². The SMILES string of the molecule is O=C(O)Cc1ccc(O[C@H]2O[C@H](CO)[C@@H](O)[C@H](O)[C@@H]2O)cc1.